The topological polar surface area (TPSA) is 146 Å². The first kappa shape index (κ1) is 23.8. The fourth-order valence-corrected chi connectivity index (χ4v) is 4.46. The van der Waals surface area contributed by atoms with Gasteiger partial charge in [0.05, 0.1) is 36.6 Å². The molecule has 11 heteroatoms. The first-order valence-corrected chi connectivity index (χ1v) is 11.9. The lowest BCUT2D eigenvalue weighted by Gasteiger charge is -2.15. The molecule has 0 aliphatic rings. The molecule has 10 nitrogen and oxygen atoms in total. The van der Waals surface area contributed by atoms with Crippen molar-refractivity contribution < 1.29 is 22.7 Å². The molecule has 1 amide bonds. The molecule has 0 saturated carbocycles. The Labute approximate surface area is 202 Å². The number of sulfonamides is 1. The average Bonchev–Trinajstić information content (AvgIpc) is 2.83. The van der Waals surface area contributed by atoms with Crippen LogP contribution in [0.25, 0.3) is 11.0 Å². The molecular formula is C24H23N5O5S. The van der Waals surface area contributed by atoms with Crippen LogP contribution in [-0.4, -0.2) is 38.5 Å². The summed E-state index contributed by atoms with van der Waals surface area (Å²) in [5, 5.41) is 3.10. The van der Waals surface area contributed by atoms with Crippen molar-refractivity contribution in [3.63, 3.8) is 0 Å². The molecule has 180 valence electrons. The van der Waals surface area contributed by atoms with Crippen LogP contribution in [0, 0.1) is 0 Å². The Balaban J connectivity index is 1.76. The number of primary amides is 1. The number of hydrogen-bond acceptors (Lipinski definition) is 8. The minimum Gasteiger partial charge on any atom is -0.497 e. The van der Waals surface area contributed by atoms with E-state index >= 15 is 0 Å². The predicted octanol–water partition coefficient (Wildman–Crippen LogP) is 3.22. The highest BCUT2D eigenvalue weighted by molar-refractivity contribution is 7.92. The van der Waals surface area contributed by atoms with Crippen molar-refractivity contribution in [2.24, 2.45) is 5.73 Å². The molecule has 4 rings (SSSR count). The molecule has 0 radical (unpaired) electrons. The number of nitrogens with zero attached hydrogens (tertiary/aromatic N) is 2. The normalized spacial score (nSPS) is 11.1. The van der Waals surface area contributed by atoms with Crippen molar-refractivity contribution in [1.82, 2.24) is 9.97 Å². The van der Waals surface area contributed by atoms with E-state index < -0.39 is 15.9 Å². The van der Waals surface area contributed by atoms with E-state index in [-0.39, 0.29) is 23.0 Å². The molecule has 1 aromatic heterocycles. The molecule has 0 aliphatic carbocycles. The van der Waals surface area contributed by atoms with Gasteiger partial charge in [0.1, 0.15) is 11.5 Å². The number of nitrogens with two attached hydrogens (primary N) is 1. The number of carbonyl (C=O) groups is 1. The van der Waals surface area contributed by atoms with Crippen molar-refractivity contribution >= 4 is 44.3 Å². The highest BCUT2D eigenvalue weighted by Crippen LogP contribution is 2.31. The Hall–Kier alpha value is -4.38. The fourth-order valence-electron chi connectivity index (χ4n) is 3.38. The highest BCUT2D eigenvalue weighted by atomic mass is 32.2. The Morgan fingerprint density at radius 2 is 1.51 bits per heavy atom. The van der Waals surface area contributed by atoms with Crippen LogP contribution in [0.4, 0.5) is 17.3 Å². The zero-order valence-electron chi connectivity index (χ0n) is 19.0. The Morgan fingerprint density at radius 1 is 0.886 bits per heavy atom. The summed E-state index contributed by atoms with van der Waals surface area (Å²) >= 11 is 0. The van der Waals surface area contributed by atoms with Gasteiger partial charge in [0.25, 0.3) is 10.0 Å². The number of fused-ring (bicyclic) bond motifs is 1. The first-order valence-electron chi connectivity index (χ1n) is 10.4. The second kappa shape index (κ2) is 9.85. The number of para-hydroxylation sites is 2. The lowest BCUT2D eigenvalue weighted by Crippen LogP contribution is -2.17. The van der Waals surface area contributed by atoms with Crippen LogP contribution in [0.1, 0.15) is 5.56 Å². The highest BCUT2D eigenvalue weighted by Gasteiger charge is 2.20. The van der Waals surface area contributed by atoms with E-state index in [0.717, 1.165) is 0 Å². The van der Waals surface area contributed by atoms with Crippen LogP contribution in [0.3, 0.4) is 0 Å². The van der Waals surface area contributed by atoms with Gasteiger partial charge in [-0.25, -0.2) is 18.4 Å². The largest absolute Gasteiger partial charge is 0.497 e. The maximum absolute atomic E-state index is 13.2. The first-order chi connectivity index (χ1) is 16.8. The van der Waals surface area contributed by atoms with Gasteiger partial charge in [-0.15, -0.1) is 0 Å². The summed E-state index contributed by atoms with van der Waals surface area (Å²) in [6.45, 7) is 0. The number of benzene rings is 3. The SMILES string of the molecule is COc1cc(Nc2nc3ccccc3nc2NS(=O)(=O)c2cccc(CC(N)=O)c2)cc(OC)c1. The lowest BCUT2D eigenvalue weighted by atomic mass is 10.1. The van der Waals surface area contributed by atoms with Crippen LogP contribution >= 0.6 is 0 Å². The van der Waals surface area contributed by atoms with Crippen molar-refractivity contribution in [3.05, 3.63) is 72.3 Å². The van der Waals surface area contributed by atoms with Crippen molar-refractivity contribution in [3.8, 4) is 11.5 Å². The van der Waals surface area contributed by atoms with Crippen molar-refractivity contribution in [1.29, 1.82) is 0 Å². The van der Waals surface area contributed by atoms with Crippen LogP contribution < -0.4 is 25.2 Å². The molecule has 0 saturated heterocycles. The molecule has 4 N–H and O–H groups in total. The molecule has 0 unspecified atom stereocenters. The smallest absolute Gasteiger partial charge is 0.263 e. The summed E-state index contributed by atoms with van der Waals surface area (Å²) in [6, 6.07) is 18.2. The molecule has 0 spiro atoms. The predicted molar refractivity (Wildman–Crippen MR) is 133 cm³/mol. The monoisotopic (exact) mass is 493 g/mol. The van der Waals surface area contributed by atoms with Gasteiger partial charge in [-0.3, -0.25) is 9.52 Å². The van der Waals surface area contributed by atoms with E-state index in [2.05, 4.69) is 20.0 Å². The minimum absolute atomic E-state index is 0.00853. The number of aromatic nitrogens is 2. The lowest BCUT2D eigenvalue weighted by molar-refractivity contribution is -0.117. The zero-order chi connectivity index (χ0) is 25.0. The molecule has 0 bridgehead atoms. The van der Waals surface area contributed by atoms with Gasteiger partial charge in [-0.2, -0.15) is 0 Å². The molecule has 0 fully saturated rings. The third-order valence-corrected chi connectivity index (χ3v) is 6.34. The molecule has 35 heavy (non-hydrogen) atoms. The van der Waals surface area contributed by atoms with Crippen LogP contribution in [-0.2, 0) is 21.2 Å². The van der Waals surface area contributed by atoms with Gasteiger partial charge in [0, 0.05) is 23.9 Å². The molecular weight excluding hydrogens is 470 g/mol. The van der Waals surface area contributed by atoms with Gasteiger partial charge in [-0.05, 0) is 29.8 Å². The van der Waals surface area contributed by atoms with E-state index in [9.17, 15) is 13.2 Å². The number of rotatable bonds is 9. The zero-order valence-corrected chi connectivity index (χ0v) is 19.8. The Morgan fingerprint density at radius 3 is 2.11 bits per heavy atom. The van der Waals surface area contributed by atoms with Gasteiger partial charge in [-0.1, -0.05) is 24.3 Å². The summed E-state index contributed by atoms with van der Waals surface area (Å²) in [5.41, 5.74) is 7.34. The third kappa shape index (κ3) is 5.58. The Kier molecular flexibility index (Phi) is 6.69. The molecule has 1 heterocycles. The standard InChI is InChI=1S/C24H23N5O5S/c1-33-17-12-16(13-18(14-17)34-2)26-23-24(28-21-9-4-3-8-20(21)27-23)29-35(31,32)19-7-5-6-15(10-19)11-22(25)30/h3-10,12-14H,11H2,1-2H3,(H2,25,30)(H,26,27)(H,28,29). The molecule has 0 atom stereocenters. The quantitative estimate of drug-likeness (QED) is 0.322. The number of methoxy groups -OCH3 is 2. The van der Waals surface area contributed by atoms with E-state index in [4.69, 9.17) is 15.2 Å². The van der Waals surface area contributed by atoms with Crippen LogP contribution in [0.2, 0.25) is 0 Å². The van der Waals surface area contributed by atoms with E-state index in [1.807, 2.05) is 6.07 Å². The summed E-state index contributed by atoms with van der Waals surface area (Å²) in [5.74, 6) is 0.678. The summed E-state index contributed by atoms with van der Waals surface area (Å²) in [6.07, 6.45) is -0.0797. The number of anilines is 3. The second-order valence-corrected chi connectivity index (χ2v) is 9.21. The van der Waals surface area contributed by atoms with Crippen LogP contribution in [0.15, 0.2) is 71.6 Å². The van der Waals surface area contributed by atoms with Crippen LogP contribution in [0.5, 0.6) is 11.5 Å². The number of hydrogen-bond donors (Lipinski definition) is 3. The van der Waals surface area contributed by atoms with Gasteiger partial charge in [0.2, 0.25) is 5.91 Å². The minimum atomic E-state index is -4.07. The van der Waals surface area contributed by atoms with E-state index in [1.54, 1.807) is 48.5 Å². The van der Waals surface area contributed by atoms with E-state index in [1.165, 1.54) is 26.4 Å². The van der Waals surface area contributed by atoms with Gasteiger partial charge < -0.3 is 20.5 Å². The van der Waals surface area contributed by atoms with Gasteiger partial charge in [0.15, 0.2) is 11.6 Å². The maximum Gasteiger partial charge on any atom is 0.263 e. The summed E-state index contributed by atoms with van der Waals surface area (Å²) in [4.78, 5) is 20.3. The Bertz CT molecular complexity index is 1490. The summed E-state index contributed by atoms with van der Waals surface area (Å²) in [7, 11) is -1.02. The summed E-state index contributed by atoms with van der Waals surface area (Å²) < 4.78 is 39.6. The van der Waals surface area contributed by atoms with Crippen molar-refractivity contribution in [2.45, 2.75) is 11.3 Å². The second-order valence-electron chi connectivity index (χ2n) is 7.53. The number of amides is 1. The number of carbonyl (C=O) groups excluding carboxylic acids is 1. The van der Waals surface area contributed by atoms with Gasteiger partial charge >= 0.3 is 0 Å². The van der Waals surface area contributed by atoms with E-state index in [0.29, 0.717) is 33.8 Å². The number of ether oxygens (including phenoxy) is 2. The molecule has 3 aromatic carbocycles. The number of nitrogens with one attached hydrogen (secondary N) is 2. The molecule has 4 aromatic rings. The van der Waals surface area contributed by atoms with Crippen molar-refractivity contribution in [2.75, 3.05) is 24.3 Å². The fraction of sp³-hybridized carbons (Fsp3) is 0.125. The molecule has 0 aliphatic heterocycles. The average molecular weight is 494 g/mol. The third-order valence-electron chi connectivity index (χ3n) is 5.00. The maximum atomic E-state index is 13.2.